The second-order valence-corrected chi connectivity index (χ2v) is 6.09. The lowest BCUT2D eigenvalue weighted by Crippen LogP contribution is -2.49. The highest BCUT2D eigenvalue weighted by Gasteiger charge is 2.30. The molecule has 5 heteroatoms. The number of carbonyl (C=O) groups is 1. The summed E-state index contributed by atoms with van der Waals surface area (Å²) in [5.41, 5.74) is 4.22. The van der Waals surface area contributed by atoms with Crippen LogP contribution < -0.4 is 5.32 Å². The summed E-state index contributed by atoms with van der Waals surface area (Å²) in [6.45, 7) is 2.87. The van der Waals surface area contributed by atoms with Crippen LogP contribution in [0.15, 0.2) is 30.6 Å². The molecule has 3 heterocycles. The van der Waals surface area contributed by atoms with Crippen LogP contribution >= 0.6 is 0 Å². The van der Waals surface area contributed by atoms with Crippen LogP contribution in [0.5, 0.6) is 0 Å². The minimum atomic E-state index is 0.201. The number of fused-ring (bicyclic) bond motifs is 1. The van der Waals surface area contributed by atoms with E-state index >= 15 is 0 Å². The fourth-order valence-corrected chi connectivity index (χ4v) is 3.56. The average Bonchev–Trinajstić information content (AvgIpc) is 3.10. The van der Waals surface area contributed by atoms with Crippen molar-refractivity contribution in [3.63, 3.8) is 0 Å². The molecule has 1 aromatic heterocycles. The molecule has 1 fully saturated rings. The molecule has 0 bridgehead atoms. The Balaban J connectivity index is 1.61. The van der Waals surface area contributed by atoms with E-state index in [-0.39, 0.29) is 5.91 Å². The number of aromatic nitrogens is 2. The monoisotopic (exact) mass is 296 g/mol. The van der Waals surface area contributed by atoms with Gasteiger partial charge in [0.15, 0.2) is 0 Å². The minimum absolute atomic E-state index is 0.201. The number of carbonyl (C=O) groups excluding carboxylic acids is 1. The maximum atomic E-state index is 12.8. The van der Waals surface area contributed by atoms with Crippen molar-refractivity contribution in [2.24, 2.45) is 0 Å². The molecule has 2 aliphatic rings. The molecule has 22 heavy (non-hydrogen) atoms. The normalized spacial score (nSPS) is 19.3. The molecule has 0 saturated carbocycles. The van der Waals surface area contributed by atoms with Crippen molar-refractivity contribution in [1.82, 2.24) is 20.4 Å². The fraction of sp³-hybridized carbons (Fsp3) is 0.412. The first-order chi connectivity index (χ1) is 10.8. The SMILES string of the molecule is O=C1c2ccc(-c3cn[nH]c3)cc2CCN1C1CCNCC1. The van der Waals surface area contributed by atoms with Gasteiger partial charge in [-0.15, -0.1) is 0 Å². The van der Waals surface area contributed by atoms with Gasteiger partial charge in [0.1, 0.15) is 0 Å². The van der Waals surface area contributed by atoms with Crippen molar-refractivity contribution in [3.05, 3.63) is 41.7 Å². The Morgan fingerprint density at radius 1 is 1.18 bits per heavy atom. The van der Waals surface area contributed by atoms with E-state index in [4.69, 9.17) is 0 Å². The van der Waals surface area contributed by atoms with E-state index in [1.165, 1.54) is 0 Å². The lowest BCUT2D eigenvalue weighted by molar-refractivity contribution is 0.0624. The topological polar surface area (TPSA) is 61.0 Å². The van der Waals surface area contributed by atoms with Crippen molar-refractivity contribution in [1.29, 1.82) is 0 Å². The summed E-state index contributed by atoms with van der Waals surface area (Å²) in [5, 5.41) is 10.2. The van der Waals surface area contributed by atoms with Crippen LogP contribution in [0, 0.1) is 0 Å². The Kier molecular flexibility index (Phi) is 3.42. The number of rotatable bonds is 2. The van der Waals surface area contributed by atoms with Gasteiger partial charge in [0.2, 0.25) is 0 Å². The van der Waals surface area contributed by atoms with E-state index < -0.39 is 0 Å². The zero-order chi connectivity index (χ0) is 14.9. The van der Waals surface area contributed by atoms with Crippen LogP contribution in [-0.2, 0) is 6.42 Å². The maximum Gasteiger partial charge on any atom is 0.254 e. The number of amides is 1. The molecule has 0 radical (unpaired) electrons. The average molecular weight is 296 g/mol. The highest BCUT2D eigenvalue weighted by molar-refractivity contribution is 5.97. The van der Waals surface area contributed by atoms with Crippen molar-refractivity contribution in [2.45, 2.75) is 25.3 Å². The summed E-state index contributed by atoms with van der Waals surface area (Å²) in [6.07, 6.45) is 6.76. The maximum absolute atomic E-state index is 12.8. The van der Waals surface area contributed by atoms with Gasteiger partial charge in [0, 0.05) is 29.9 Å². The van der Waals surface area contributed by atoms with Gasteiger partial charge in [0.05, 0.1) is 6.20 Å². The first-order valence-corrected chi connectivity index (χ1v) is 7.97. The number of piperidine rings is 1. The van der Waals surface area contributed by atoms with E-state index in [1.807, 2.05) is 24.5 Å². The van der Waals surface area contributed by atoms with Crippen LogP contribution in [0.3, 0.4) is 0 Å². The molecule has 5 nitrogen and oxygen atoms in total. The molecule has 4 rings (SSSR count). The number of hydrogen-bond acceptors (Lipinski definition) is 3. The summed E-state index contributed by atoms with van der Waals surface area (Å²) < 4.78 is 0. The predicted molar refractivity (Wildman–Crippen MR) is 84.7 cm³/mol. The Labute approximate surface area is 129 Å². The van der Waals surface area contributed by atoms with Crippen molar-refractivity contribution in [3.8, 4) is 11.1 Å². The van der Waals surface area contributed by atoms with Crippen molar-refractivity contribution >= 4 is 5.91 Å². The Morgan fingerprint density at radius 2 is 2.05 bits per heavy atom. The Hall–Kier alpha value is -2.14. The molecule has 1 aromatic carbocycles. The third kappa shape index (κ3) is 2.31. The highest BCUT2D eigenvalue weighted by atomic mass is 16.2. The van der Waals surface area contributed by atoms with E-state index in [0.29, 0.717) is 6.04 Å². The van der Waals surface area contributed by atoms with Crippen LogP contribution in [0.25, 0.3) is 11.1 Å². The quantitative estimate of drug-likeness (QED) is 0.889. The Bertz CT molecular complexity index is 674. The molecule has 2 aliphatic heterocycles. The van der Waals surface area contributed by atoms with E-state index in [0.717, 1.165) is 61.2 Å². The summed E-state index contributed by atoms with van der Waals surface area (Å²) >= 11 is 0. The van der Waals surface area contributed by atoms with Crippen LogP contribution in [0.2, 0.25) is 0 Å². The van der Waals surface area contributed by atoms with Gasteiger partial charge in [-0.05, 0) is 49.5 Å². The van der Waals surface area contributed by atoms with E-state index in [1.54, 1.807) is 0 Å². The largest absolute Gasteiger partial charge is 0.335 e. The first-order valence-electron chi connectivity index (χ1n) is 7.97. The number of benzene rings is 1. The third-order valence-electron chi connectivity index (χ3n) is 4.80. The summed E-state index contributed by atoms with van der Waals surface area (Å²) in [4.78, 5) is 14.9. The smallest absolute Gasteiger partial charge is 0.254 e. The molecule has 2 aromatic rings. The van der Waals surface area contributed by atoms with Crippen molar-refractivity contribution in [2.75, 3.05) is 19.6 Å². The molecule has 1 amide bonds. The molecular weight excluding hydrogens is 276 g/mol. The minimum Gasteiger partial charge on any atom is -0.335 e. The van der Waals surface area contributed by atoms with Crippen LogP contribution in [0.4, 0.5) is 0 Å². The highest BCUT2D eigenvalue weighted by Crippen LogP contribution is 2.27. The number of nitrogens with zero attached hydrogens (tertiary/aromatic N) is 2. The second-order valence-electron chi connectivity index (χ2n) is 6.09. The molecule has 1 saturated heterocycles. The standard InChI is InChI=1S/C17H20N4O/c22-17-16-2-1-12(14-10-19-20-11-14)9-13(16)5-8-21(17)15-3-6-18-7-4-15/h1-2,9-11,15,18H,3-8H2,(H,19,20). The number of nitrogens with one attached hydrogen (secondary N) is 2. The van der Waals surface area contributed by atoms with E-state index in [9.17, 15) is 4.79 Å². The lowest BCUT2D eigenvalue weighted by atomic mass is 9.92. The van der Waals surface area contributed by atoms with Gasteiger partial charge < -0.3 is 10.2 Å². The van der Waals surface area contributed by atoms with Crippen LogP contribution in [0.1, 0.15) is 28.8 Å². The van der Waals surface area contributed by atoms with Crippen molar-refractivity contribution < 1.29 is 4.79 Å². The second kappa shape index (κ2) is 5.57. The number of hydrogen-bond donors (Lipinski definition) is 2. The summed E-state index contributed by atoms with van der Waals surface area (Å²) in [6, 6.07) is 6.54. The van der Waals surface area contributed by atoms with Gasteiger partial charge in [-0.1, -0.05) is 12.1 Å². The van der Waals surface area contributed by atoms with E-state index in [2.05, 4.69) is 26.5 Å². The molecule has 114 valence electrons. The molecule has 0 unspecified atom stereocenters. The van der Waals surface area contributed by atoms with Gasteiger partial charge >= 0.3 is 0 Å². The molecule has 0 spiro atoms. The first kappa shape index (κ1) is 13.5. The fourth-order valence-electron chi connectivity index (χ4n) is 3.56. The molecular formula is C17H20N4O. The van der Waals surface area contributed by atoms with Gasteiger partial charge in [0.25, 0.3) is 5.91 Å². The third-order valence-corrected chi connectivity index (χ3v) is 4.80. The van der Waals surface area contributed by atoms with Gasteiger partial charge in [-0.25, -0.2) is 0 Å². The summed E-state index contributed by atoms with van der Waals surface area (Å²) in [5.74, 6) is 0.201. The molecule has 0 atom stereocenters. The number of H-pyrrole nitrogens is 1. The van der Waals surface area contributed by atoms with Gasteiger partial charge in [-0.3, -0.25) is 9.89 Å². The molecule has 2 N–H and O–H groups in total. The Morgan fingerprint density at radius 3 is 2.82 bits per heavy atom. The summed E-state index contributed by atoms with van der Waals surface area (Å²) in [7, 11) is 0. The zero-order valence-corrected chi connectivity index (χ0v) is 12.5. The predicted octanol–water partition coefficient (Wildman–Crippen LogP) is 1.83. The molecule has 0 aliphatic carbocycles. The van der Waals surface area contributed by atoms with Gasteiger partial charge in [-0.2, -0.15) is 5.10 Å². The zero-order valence-electron chi connectivity index (χ0n) is 12.5. The lowest BCUT2D eigenvalue weighted by Gasteiger charge is -2.37. The number of aromatic amines is 1. The van der Waals surface area contributed by atoms with Crippen LogP contribution in [-0.4, -0.2) is 46.7 Å².